The van der Waals surface area contributed by atoms with Crippen LogP contribution in [0.15, 0.2) is 303 Å². The molecule has 5 heterocycles. The number of para-hydroxylation sites is 6. The highest BCUT2D eigenvalue weighted by molar-refractivity contribution is 6.15. The summed E-state index contributed by atoms with van der Waals surface area (Å²) in [5.41, 5.74) is 22.4. The Morgan fingerprint density at radius 3 is 0.674 bits per heavy atom. The second-order valence-corrected chi connectivity index (χ2v) is 22.5. The van der Waals surface area contributed by atoms with Crippen molar-refractivity contribution in [2.24, 2.45) is 0 Å². The fourth-order valence-electron chi connectivity index (χ4n) is 13.9. The van der Waals surface area contributed by atoms with Crippen molar-refractivity contribution in [1.29, 1.82) is 0 Å². The van der Waals surface area contributed by atoms with E-state index in [1.165, 1.54) is 87.4 Å². The van der Waals surface area contributed by atoms with Gasteiger partial charge in [-0.1, -0.05) is 182 Å². The van der Waals surface area contributed by atoms with Gasteiger partial charge in [-0.25, -0.2) is 0 Å². The molecular weight excluding hydrogens is 1040 g/mol. The molecule has 0 aliphatic rings. The van der Waals surface area contributed by atoms with Gasteiger partial charge in [0.15, 0.2) is 0 Å². The van der Waals surface area contributed by atoms with Gasteiger partial charge in [0, 0.05) is 87.7 Å². The molecule has 5 aromatic heterocycles. The van der Waals surface area contributed by atoms with Gasteiger partial charge in [0.1, 0.15) is 11.4 Å². The minimum atomic E-state index is 0.853. The SMILES string of the molecule is c1ccc(-n2c3ccccc3c3cc(-c4ccc5c(c4)c4ccccc4n5-c4ccc(-c5nnc(-c6ccc(-n7c8ccccc8c8cc(-c9ccc%10c(c9)c9ccccc9n%10-c9ccccc9)ccc87)cc6)c6ccccc56)cc4)ccc32)cc1. The van der Waals surface area contributed by atoms with Crippen LogP contribution in [0.3, 0.4) is 0 Å². The van der Waals surface area contributed by atoms with Crippen LogP contribution in [0.25, 0.3) is 166 Å². The normalized spacial score (nSPS) is 12.0. The third-order valence-corrected chi connectivity index (χ3v) is 17.9. The lowest BCUT2D eigenvalue weighted by Crippen LogP contribution is -1.97. The molecule has 0 aliphatic carbocycles. The van der Waals surface area contributed by atoms with E-state index < -0.39 is 0 Å². The maximum atomic E-state index is 5.01. The molecule has 400 valence electrons. The van der Waals surface area contributed by atoms with Crippen LogP contribution >= 0.6 is 0 Å². The average molecular weight is 1100 g/mol. The van der Waals surface area contributed by atoms with E-state index in [1.807, 2.05) is 0 Å². The van der Waals surface area contributed by atoms with E-state index in [2.05, 4.69) is 322 Å². The van der Waals surface area contributed by atoms with E-state index in [9.17, 15) is 0 Å². The van der Waals surface area contributed by atoms with Crippen LogP contribution in [0, 0.1) is 0 Å². The predicted molar refractivity (Wildman–Crippen MR) is 359 cm³/mol. The maximum Gasteiger partial charge on any atom is 0.101 e. The topological polar surface area (TPSA) is 45.5 Å². The van der Waals surface area contributed by atoms with Gasteiger partial charge in [-0.2, -0.15) is 0 Å². The van der Waals surface area contributed by atoms with Crippen molar-refractivity contribution >= 4 is 98.0 Å². The molecule has 0 atom stereocenters. The number of nitrogens with zero attached hydrogens (tertiary/aromatic N) is 6. The molecule has 0 amide bonds. The number of hydrogen-bond acceptors (Lipinski definition) is 2. The van der Waals surface area contributed by atoms with E-state index in [4.69, 9.17) is 10.2 Å². The first kappa shape index (κ1) is 48.0. The van der Waals surface area contributed by atoms with Crippen molar-refractivity contribution in [3.63, 3.8) is 0 Å². The number of benzene rings is 13. The van der Waals surface area contributed by atoms with Crippen molar-refractivity contribution in [1.82, 2.24) is 28.5 Å². The smallest absolute Gasteiger partial charge is 0.101 e. The molecule has 0 spiro atoms. The Morgan fingerprint density at radius 1 is 0.163 bits per heavy atom. The van der Waals surface area contributed by atoms with Crippen molar-refractivity contribution in [2.75, 3.05) is 0 Å². The zero-order chi connectivity index (χ0) is 56.4. The van der Waals surface area contributed by atoms with Gasteiger partial charge >= 0.3 is 0 Å². The highest BCUT2D eigenvalue weighted by Gasteiger charge is 2.20. The number of fused-ring (bicyclic) bond motifs is 13. The molecule has 6 nitrogen and oxygen atoms in total. The molecular formula is C80H50N6. The van der Waals surface area contributed by atoms with Gasteiger partial charge in [0.2, 0.25) is 0 Å². The molecule has 0 saturated heterocycles. The van der Waals surface area contributed by atoms with E-state index in [1.54, 1.807) is 0 Å². The first-order valence-corrected chi connectivity index (χ1v) is 29.4. The molecule has 6 heteroatoms. The maximum absolute atomic E-state index is 5.01. The van der Waals surface area contributed by atoms with Crippen LogP contribution in [0.2, 0.25) is 0 Å². The molecule has 18 aromatic rings. The summed E-state index contributed by atoms with van der Waals surface area (Å²) in [7, 11) is 0. The van der Waals surface area contributed by atoms with Crippen LogP contribution in [0.5, 0.6) is 0 Å². The lowest BCUT2D eigenvalue weighted by molar-refractivity contribution is 1.06. The summed E-state index contributed by atoms with van der Waals surface area (Å²) in [5.74, 6) is 0. The lowest BCUT2D eigenvalue weighted by Gasteiger charge is -2.13. The number of hydrogen-bond donors (Lipinski definition) is 0. The van der Waals surface area contributed by atoms with Crippen molar-refractivity contribution < 1.29 is 0 Å². The Bertz CT molecular complexity index is 5390. The molecule has 13 aromatic carbocycles. The van der Waals surface area contributed by atoms with Crippen LogP contribution in [-0.4, -0.2) is 28.5 Å². The van der Waals surface area contributed by atoms with E-state index in [0.29, 0.717) is 0 Å². The summed E-state index contributed by atoms with van der Waals surface area (Å²) >= 11 is 0. The second kappa shape index (κ2) is 19.0. The zero-order valence-electron chi connectivity index (χ0n) is 46.6. The Morgan fingerprint density at radius 2 is 0.384 bits per heavy atom. The monoisotopic (exact) mass is 1090 g/mol. The third-order valence-electron chi connectivity index (χ3n) is 17.9. The lowest BCUT2D eigenvalue weighted by atomic mass is 10.00. The average Bonchev–Trinajstić information content (AvgIpc) is 2.33. The summed E-state index contributed by atoms with van der Waals surface area (Å²) in [4.78, 5) is 0. The Hall–Kier alpha value is -11.6. The molecule has 0 bridgehead atoms. The molecule has 0 radical (unpaired) electrons. The summed E-state index contributed by atoms with van der Waals surface area (Å²) < 4.78 is 9.51. The minimum absolute atomic E-state index is 0.853. The Balaban J connectivity index is 0.662. The highest BCUT2D eigenvalue weighted by Crippen LogP contribution is 2.42. The van der Waals surface area contributed by atoms with Gasteiger partial charge in [0.25, 0.3) is 0 Å². The molecule has 0 unspecified atom stereocenters. The summed E-state index contributed by atoms with van der Waals surface area (Å²) in [5, 5.41) is 22.0. The van der Waals surface area contributed by atoms with Gasteiger partial charge < -0.3 is 18.3 Å². The van der Waals surface area contributed by atoms with E-state index >= 15 is 0 Å². The molecule has 0 saturated carbocycles. The van der Waals surface area contributed by atoms with E-state index in [0.717, 1.165) is 78.1 Å². The van der Waals surface area contributed by atoms with Crippen LogP contribution in [0.1, 0.15) is 0 Å². The van der Waals surface area contributed by atoms with Crippen molar-refractivity contribution in [2.45, 2.75) is 0 Å². The third kappa shape index (κ3) is 7.33. The van der Waals surface area contributed by atoms with Gasteiger partial charge in [-0.05, 0) is 144 Å². The minimum Gasteiger partial charge on any atom is -0.309 e. The molecule has 0 aliphatic heterocycles. The van der Waals surface area contributed by atoms with Crippen LogP contribution in [0.4, 0.5) is 0 Å². The van der Waals surface area contributed by atoms with Gasteiger partial charge in [-0.15, -0.1) is 10.2 Å². The van der Waals surface area contributed by atoms with Crippen molar-refractivity contribution in [3.05, 3.63) is 303 Å². The molecule has 18 rings (SSSR count). The summed E-state index contributed by atoms with van der Waals surface area (Å²) in [6, 6.07) is 110. The second-order valence-electron chi connectivity index (χ2n) is 22.5. The summed E-state index contributed by atoms with van der Waals surface area (Å²) in [6.45, 7) is 0. The first-order valence-electron chi connectivity index (χ1n) is 29.4. The fraction of sp³-hybridized carbons (Fsp3) is 0. The summed E-state index contributed by atoms with van der Waals surface area (Å²) in [6.07, 6.45) is 0. The van der Waals surface area contributed by atoms with Gasteiger partial charge in [-0.3, -0.25) is 0 Å². The van der Waals surface area contributed by atoms with Crippen LogP contribution in [-0.2, 0) is 0 Å². The largest absolute Gasteiger partial charge is 0.309 e. The Labute approximate surface area is 494 Å². The molecule has 0 N–H and O–H groups in total. The molecule has 0 fully saturated rings. The Kier molecular flexibility index (Phi) is 10.6. The quantitative estimate of drug-likeness (QED) is 0.152. The number of rotatable bonds is 8. The zero-order valence-corrected chi connectivity index (χ0v) is 46.6. The standard InChI is InChI=1S/C80H50N6/c1-3-17-57(18-4-1)83-71-27-13-9-21-61(71)67-47-53(35-43-75(67)83)55-37-45-77-69(49-55)63-23-11-15-29-73(63)85(77)59-39-31-51(32-40-59)79-65-25-7-8-26-66(65)80(82-81-79)52-33-41-60(42-34-52)86-74-30-16-12-24-64(74)70-50-56(38-46-78(70)86)54-36-44-76-68(48-54)62-22-10-14-28-72(62)84(76)58-19-5-2-6-20-58/h1-50H. The van der Waals surface area contributed by atoms with Gasteiger partial charge in [0.05, 0.1) is 44.1 Å². The van der Waals surface area contributed by atoms with Crippen molar-refractivity contribution in [3.8, 4) is 67.5 Å². The fourth-order valence-corrected chi connectivity index (χ4v) is 13.9. The highest BCUT2D eigenvalue weighted by atomic mass is 15.1. The predicted octanol–water partition coefficient (Wildman–Crippen LogP) is 20.7. The molecule has 86 heavy (non-hydrogen) atoms. The first-order chi connectivity index (χ1) is 42.7. The number of aromatic nitrogens is 6. The van der Waals surface area contributed by atoms with E-state index in [-0.39, 0.29) is 0 Å². The van der Waals surface area contributed by atoms with Crippen LogP contribution < -0.4 is 0 Å².